The Bertz CT molecular complexity index is 338. The van der Waals surface area contributed by atoms with Crippen molar-refractivity contribution in [2.45, 2.75) is 45.3 Å². The number of furan rings is 1. The molecule has 19 heavy (non-hydrogen) atoms. The maximum Gasteiger partial charge on any atom is 0.236 e. The normalized spacial score (nSPS) is 12.3. The van der Waals surface area contributed by atoms with Gasteiger partial charge in [-0.1, -0.05) is 19.8 Å². The summed E-state index contributed by atoms with van der Waals surface area (Å²) in [4.78, 5) is 11.6. The predicted molar refractivity (Wildman–Crippen MR) is 73.5 cm³/mol. The number of carbonyl (C=O) groups excluding carboxylic acids is 1. The van der Waals surface area contributed by atoms with Gasteiger partial charge in [0.2, 0.25) is 5.91 Å². The summed E-state index contributed by atoms with van der Waals surface area (Å²) in [6.45, 7) is 3.74. The minimum Gasteiger partial charge on any atom is -0.467 e. The van der Waals surface area contributed by atoms with Gasteiger partial charge >= 0.3 is 0 Å². The van der Waals surface area contributed by atoms with E-state index in [1.807, 2.05) is 12.1 Å². The van der Waals surface area contributed by atoms with E-state index < -0.39 is 0 Å². The van der Waals surface area contributed by atoms with Gasteiger partial charge in [-0.05, 0) is 25.0 Å². The van der Waals surface area contributed by atoms with Gasteiger partial charge < -0.3 is 20.2 Å². The highest BCUT2D eigenvalue weighted by Crippen LogP contribution is 2.02. The van der Waals surface area contributed by atoms with Crippen molar-refractivity contribution < 1.29 is 13.9 Å². The van der Waals surface area contributed by atoms with Crippen LogP contribution in [0, 0.1) is 0 Å². The molecule has 5 heteroatoms. The number of ether oxygens (including phenoxy) is 1. The molecule has 0 bridgehead atoms. The van der Waals surface area contributed by atoms with E-state index in [4.69, 9.17) is 14.9 Å². The van der Waals surface area contributed by atoms with Crippen LogP contribution in [0.15, 0.2) is 22.8 Å². The second kappa shape index (κ2) is 9.58. The van der Waals surface area contributed by atoms with Crippen molar-refractivity contribution in [1.29, 1.82) is 0 Å². The van der Waals surface area contributed by atoms with Gasteiger partial charge in [-0.15, -0.1) is 0 Å². The fourth-order valence-electron chi connectivity index (χ4n) is 1.64. The average molecular weight is 268 g/mol. The third kappa shape index (κ3) is 6.98. The first kappa shape index (κ1) is 15.7. The highest BCUT2D eigenvalue weighted by molar-refractivity contribution is 5.81. The summed E-state index contributed by atoms with van der Waals surface area (Å²) in [5.41, 5.74) is 5.75. The summed E-state index contributed by atoms with van der Waals surface area (Å²) in [5.74, 6) is 0.741. The van der Waals surface area contributed by atoms with E-state index in [0.29, 0.717) is 19.8 Å². The Kier molecular flexibility index (Phi) is 7.93. The molecule has 0 aromatic carbocycles. The molecule has 1 aromatic heterocycles. The van der Waals surface area contributed by atoms with Crippen LogP contribution in [0.4, 0.5) is 0 Å². The number of nitrogens with two attached hydrogens (primary N) is 1. The fraction of sp³-hybridized carbons (Fsp3) is 0.643. The minimum atomic E-state index is -0.385. The van der Waals surface area contributed by atoms with Crippen molar-refractivity contribution in [2.24, 2.45) is 5.73 Å². The Morgan fingerprint density at radius 1 is 1.53 bits per heavy atom. The molecule has 0 saturated heterocycles. The molecule has 1 heterocycles. The smallest absolute Gasteiger partial charge is 0.236 e. The van der Waals surface area contributed by atoms with E-state index in [9.17, 15) is 4.79 Å². The van der Waals surface area contributed by atoms with E-state index >= 15 is 0 Å². The fourth-order valence-corrected chi connectivity index (χ4v) is 1.64. The average Bonchev–Trinajstić information content (AvgIpc) is 2.92. The Hall–Kier alpha value is -1.33. The summed E-state index contributed by atoms with van der Waals surface area (Å²) in [7, 11) is 0. The molecule has 0 fully saturated rings. The van der Waals surface area contributed by atoms with Crippen LogP contribution < -0.4 is 11.1 Å². The van der Waals surface area contributed by atoms with Crippen molar-refractivity contribution in [3.05, 3.63) is 24.2 Å². The first-order valence-electron chi connectivity index (χ1n) is 6.87. The number of amides is 1. The van der Waals surface area contributed by atoms with Crippen molar-refractivity contribution in [3.8, 4) is 0 Å². The SMILES string of the molecule is CCCCC(N)C(=O)NCCCOCc1ccco1. The summed E-state index contributed by atoms with van der Waals surface area (Å²) in [5, 5.41) is 2.82. The van der Waals surface area contributed by atoms with Crippen LogP contribution in [-0.4, -0.2) is 25.1 Å². The van der Waals surface area contributed by atoms with Gasteiger partial charge in [0, 0.05) is 13.2 Å². The van der Waals surface area contributed by atoms with Gasteiger partial charge in [-0.2, -0.15) is 0 Å². The molecular formula is C14H24N2O3. The Morgan fingerprint density at radius 3 is 3.05 bits per heavy atom. The van der Waals surface area contributed by atoms with Gasteiger partial charge in [0.25, 0.3) is 0 Å². The molecule has 3 N–H and O–H groups in total. The molecule has 1 aromatic rings. The monoisotopic (exact) mass is 268 g/mol. The van der Waals surface area contributed by atoms with Crippen molar-refractivity contribution >= 4 is 5.91 Å². The number of carbonyl (C=O) groups is 1. The Balaban J connectivity index is 1.96. The maximum atomic E-state index is 11.6. The molecule has 0 saturated carbocycles. The molecular weight excluding hydrogens is 244 g/mol. The van der Waals surface area contributed by atoms with E-state index in [2.05, 4.69) is 12.2 Å². The predicted octanol–water partition coefficient (Wildman–Crippen LogP) is 1.82. The second-order valence-electron chi connectivity index (χ2n) is 4.53. The van der Waals surface area contributed by atoms with E-state index in [-0.39, 0.29) is 11.9 Å². The molecule has 0 radical (unpaired) electrons. The van der Waals surface area contributed by atoms with Crippen molar-refractivity contribution in [3.63, 3.8) is 0 Å². The molecule has 0 aliphatic rings. The number of unbranched alkanes of at least 4 members (excludes halogenated alkanes) is 1. The molecule has 1 unspecified atom stereocenters. The molecule has 1 amide bonds. The minimum absolute atomic E-state index is 0.0699. The molecule has 0 spiro atoms. The van der Waals surface area contributed by atoms with Gasteiger partial charge in [0.05, 0.1) is 12.3 Å². The highest BCUT2D eigenvalue weighted by atomic mass is 16.5. The quantitative estimate of drug-likeness (QED) is 0.634. The standard InChI is InChI=1S/C14H24N2O3/c1-2-3-7-13(15)14(17)16-8-5-9-18-11-12-6-4-10-19-12/h4,6,10,13H,2-3,5,7-9,11,15H2,1H3,(H,16,17). The van der Waals surface area contributed by atoms with Crippen LogP contribution in [0.1, 0.15) is 38.4 Å². The Morgan fingerprint density at radius 2 is 2.37 bits per heavy atom. The second-order valence-corrected chi connectivity index (χ2v) is 4.53. The first-order valence-corrected chi connectivity index (χ1v) is 6.87. The van der Waals surface area contributed by atoms with Crippen LogP contribution in [0.5, 0.6) is 0 Å². The Labute approximate surface area is 114 Å². The zero-order chi connectivity index (χ0) is 13.9. The molecule has 0 aliphatic heterocycles. The first-order chi connectivity index (χ1) is 9.24. The largest absolute Gasteiger partial charge is 0.467 e. The van der Waals surface area contributed by atoms with E-state index in [1.54, 1.807) is 6.26 Å². The third-order valence-corrected chi connectivity index (χ3v) is 2.79. The lowest BCUT2D eigenvalue weighted by Gasteiger charge is -2.11. The van der Waals surface area contributed by atoms with Gasteiger partial charge in [-0.25, -0.2) is 0 Å². The highest BCUT2D eigenvalue weighted by Gasteiger charge is 2.11. The zero-order valence-corrected chi connectivity index (χ0v) is 11.6. The summed E-state index contributed by atoms with van der Waals surface area (Å²) < 4.78 is 10.5. The number of nitrogens with one attached hydrogen (secondary N) is 1. The van der Waals surface area contributed by atoms with Crippen LogP contribution in [0.3, 0.4) is 0 Å². The molecule has 0 aliphatic carbocycles. The van der Waals surface area contributed by atoms with E-state index in [0.717, 1.165) is 31.4 Å². The van der Waals surface area contributed by atoms with Crippen molar-refractivity contribution in [2.75, 3.05) is 13.2 Å². The number of hydrogen-bond acceptors (Lipinski definition) is 4. The molecule has 1 atom stereocenters. The molecule has 5 nitrogen and oxygen atoms in total. The number of hydrogen-bond donors (Lipinski definition) is 2. The van der Waals surface area contributed by atoms with Crippen LogP contribution in [-0.2, 0) is 16.1 Å². The van der Waals surface area contributed by atoms with Crippen LogP contribution in [0.2, 0.25) is 0 Å². The lowest BCUT2D eigenvalue weighted by molar-refractivity contribution is -0.122. The molecule has 108 valence electrons. The lowest BCUT2D eigenvalue weighted by Crippen LogP contribution is -2.41. The third-order valence-electron chi connectivity index (χ3n) is 2.79. The van der Waals surface area contributed by atoms with Gasteiger partial charge in [0.1, 0.15) is 12.4 Å². The van der Waals surface area contributed by atoms with Gasteiger partial charge in [0.15, 0.2) is 0 Å². The van der Waals surface area contributed by atoms with Crippen LogP contribution >= 0.6 is 0 Å². The van der Waals surface area contributed by atoms with Crippen LogP contribution in [0.25, 0.3) is 0 Å². The maximum absolute atomic E-state index is 11.6. The van der Waals surface area contributed by atoms with E-state index in [1.165, 1.54) is 0 Å². The summed E-state index contributed by atoms with van der Waals surface area (Å²) in [6, 6.07) is 3.31. The van der Waals surface area contributed by atoms with Gasteiger partial charge in [-0.3, -0.25) is 4.79 Å². The summed E-state index contributed by atoms with van der Waals surface area (Å²) >= 11 is 0. The number of rotatable bonds is 10. The zero-order valence-electron chi connectivity index (χ0n) is 11.6. The topological polar surface area (TPSA) is 77.5 Å². The lowest BCUT2D eigenvalue weighted by atomic mass is 10.1. The molecule has 1 rings (SSSR count). The van der Waals surface area contributed by atoms with Crippen molar-refractivity contribution in [1.82, 2.24) is 5.32 Å². The summed E-state index contributed by atoms with van der Waals surface area (Å²) in [6.07, 6.45) is 5.18.